The second-order valence-corrected chi connectivity index (χ2v) is 5.14. The predicted molar refractivity (Wildman–Crippen MR) is 85.1 cm³/mol. The van der Waals surface area contributed by atoms with Crippen molar-refractivity contribution in [3.63, 3.8) is 0 Å². The van der Waals surface area contributed by atoms with Gasteiger partial charge in [-0.1, -0.05) is 12.1 Å². The maximum Gasteiger partial charge on any atom is 0.269 e. The monoisotopic (exact) mass is 310 g/mol. The normalized spacial score (nSPS) is 12.0. The average Bonchev–Trinajstić information content (AvgIpc) is 2.99. The Labute approximate surface area is 131 Å². The van der Waals surface area contributed by atoms with Crippen molar-refractivity contribution < 1.29 is 9.72 Å². The second kappa shape index (κ2) is 5.88. The van der Waals surface area contributed by atoms with Crippen molar-refractivity contribution in [1.82, 2.24) is 15.3 Å². The molecule has 0 radical (unpaired) electrons. The Morgan fingerprint density at radius 2 is 1.91 bits per heavy atom. The number of hydrogen-bond donors (Lipinski definition) is 2. The molecular formula is C16H14N4O3. The van der Waals surface area contributed by atoms with Crippen LogP contribution < -0.4 is 5.32 Å². The van der Waals surface area contributed by atoms with E-state index < -0.39 is 4.92 Å². The number of rotatable bonds is 4. The second-order valence-electron chi connectivity index (χ2n) is 5.14. The number of carbonyl (C=O) groups excluding carboxylic acids is 1. The highest BCUT2D eigenvalue weighted by molar-refractivity contribution is 5.94. The summed E-state index contributed by atoms with van der Waals surface area (Å²) in [5, 5.41) is 13.4. The van der Waals surface area contributed by atoms with Gasteiger partial charge in [-0.3, -0.25) is 14.9 Å². The predicted octanol–water partition coefficient (Wildman–Crippen LogP) is 2.96. The van der Waals surface area contributed by atoms with Crippen LogP contribution in [-0.2, 0) is 0 Å². The minimum atomic E-state index is -0.501. The summed E-state index contributed by atoms with van der Waals surface area (Å²) in [6.07, 6.45) is 0. The Kier molecular flexibility index (Phi) is 3.76. The number of non-ortho nitro benzene ring substituents is 1. The van der Waals surface area contributed by atoms with Gasteiger partial charge in [-0.15, -0.1) is 0 Å². The van der Waals surface area contributed by atoms with E-state index in [2.05, 4.69) is 15.3 Å². The molecule has 3 aromatic rings. The third-order valence-electron chi connectivity index (χ3n) is 3.51. The largest absolute Gasteiger partial charge is 0.342 e. The summed E-state index contributed by atoms with van der Waals surface area (Å²) in [4.78, 5) is 29.9. The number of aromatic amines is 1. The number of carbonyl (C=O) groups is 1. The van der Waals surface area contributed by atoms with Crippen LogP contribution >= 0.6 is 0 Å². The van der Waals surface area contributed by atoms with Gasteiger partial charge >= 0.3 is 0 Å². The molecule has 2 aromatic carbocycles. The summed E-state index contributed by atoms with van der Waals surface area (Å²) < 4.78 is 0. The van der Waals surface area contributed by atoms with E-state index in [4.69, 9.17) is 0 Å². The first-order valence-corrected chi connectivity index (χ1v) is 7.04. The van der Waals surface area contributed by atoms with Crippen LogP contribution in [0.3, 0.4) is 0 Å². The van der Waals surface area contributed by atoms with Gasteiger partial charge in [0.25, 0.3) is 11.6 Å². The molecule has 2 N–H and O–H groups in total. The highest BCUT2D eigenvalue weighted by Gasteiger charge is 2.15. The van der Waals surface area contributed by atoms with E-state index in [1.807, 2.05) is 31.2 Å². The van der Waals surface area contributed by atoms with Crippen molar-refractivity contribution in [1.29, 1.82) is 0 Å². The number of nitro benzene ring substituents is 1. The summed E-state index contributed by atoms with van der Waals surface area (Å²) in [6, 6.07) is 12.8. The van der Waals surface area contributed by atoms with Gasteiger partial charge in [0.1, 0.15) is 5.82 Å². The van der Waals surface area contributed by atoms with E-state index in [-0.39, 0.29) is 17.6 Å². The van der Waals surface area contributed by atoms with Crippen LogP contribution in [0.2, 0.25) is 0 Å². The summed E-state index contributed by atoms with van der Waals surface area (Å²) in [6.45, 7) is 1.82. The number of nitrogens with zero attached hydrogens (tertiary/aromatic N) is 2. The third-order valence-corrected chi connectivity index (χ3v) is 3.51. The highest BCUT2D eigenvalue weighted by atomic mass is 16.6. The van der Waals surface area contributed by atoms with Gasteiger partial charge in [-0.2, -0.15) is 0 Å². The van der Waals surface area contributed by atoms with Crippen LogP contribution in [0.25, 0.3) is 11.0 Å². The van der Waals surface area contributed by atoms with Crippen molar-refractivity contribution >= 4 is 22.6 Å². The number of benzene rings is 2. The SMILES string of the molecule is C[C@H](NC(=O)c1ccc([N+](=O)[O-])cc1)c1nc2ccccc2[nH]1. The number of imidazole rings is 1. The first-order valence-electron chi connectivity index (χ1n) is 7.04. The Morgan fingerprint density at radius 3 is 2.57 bits per heavy atom. The number of hydrogen-bond acceptors (Lipinski definition) is 4. The van der Waals surface area contributed by atoms with E-state index in [0.717, 1.165) is 11.0 Å². The lowest BCUT2D eigenvalue weighted by Crippen LogP contribution is -2.27. The molecule has 1 aromatic heterocycles. The smallest absolute Gasteiger partial charge is 0.269 e. The number of para-hydroxylation sites is 2. The minimum Gasteiger partial charge on any atom is -0.342 e. The first kappa shape index (κ1) is 14.7. The number of aromatic nitrogens is 2. The van der Waals surface area contributed by atoms with Crippen molar-refractivity contribution in [2.24, 2.45) is 0 Å². The highest BCUT2D eigenvalue weighted by Crippen LogP contribution is 2.17. The molecule has 0 unspecified atom stereocenters. The molecule has 1 amide bonds. The molecule has 0 aliphatic rings. The molecule has 1 atom stereocenters. The van der Waals surface area contributed by atoms with E-state index in [1.54, 1.807) is 0 Å². The van der Waals surface area contributed by atoms with Crippen molar-refractivity contribution in [3.8, 4) is 0 Å². The molecule has 7 nitrogen and oxygen atoms in total. The molecule has 0 aliphatic heterocycles. The van der Waals surface area contributed by atoms with Gasteiger partial charge in [0, 0.05) is 17.7 Å². The lowest BCUT2D eigenvalue weighted by atomic mass is 10.2. The van der Waals surface area contributed by atoms with Crippen LogP contribution in [0.1, 0.15) is 29.1 Å². The summed E-state index contributed by atoms with van der Waals surface area (Å²) in [5.41, 5.74) is 2.04. The number of nitro groups is 1. The van der Waals surface area contributed by atoms with Gasteiger partial charge in [0.05, 0.1) is 22.0 Å². The topological polar surface area (TPSA) is 101 Å². The molecule has 0 bridgehead atoms. The average molecular weight is 310 g/mol. The molecule has 3 rings (SSSR count). The van der Waals surface area contributed by atoms with Gasteiger partial charge < -0.3 is 10.3 Å². The number of H-pyrrole nitrogens is 1. The van der Waals surface area contributed by atoms with Gasteiger partial charge in [-0.25, -0.2) is 4.98 Å². The van der Waals surface area contributed by atoms with Crippen LogP contribution in [0.15, 0.2) is 48.5 Å². The molecule has 7 heteroatoms. The third kappa shape index (κ3) is 3.03. The van der Waals surface area contributed by atoms with Gasteiger partial charge in [0.15, 0.2) is 0 Å². The molecule has 23 heavy (non-hydrogen) atoms. The first-order chi connectivity index (χ1) is 11.0. The molecule has 0 aliphatic carbocycles. The van der Waals surface area contributed by atoms with E-state index in [9.17, 15) is 14.9 Å². The molecule has 116 valence electrons. The Balaban J connectivity index is 1.74. The van der Waals surface area contributed by atoms with Crippen LogP contribution in [0.4, 0.5) is 5.69 Å². The zero-order valence-corrected chi connectivity index (χ0v) is 12.3. The summed E-state index contributed by atoms with van der Waals surface area (Å²) >= 11 is 0. The lowest BCUT2D eigenvalue weighted by molar-refractivity contribution is -0.384. The molecule has 0 spiro atoms. The summed E-state index contributed by atoms with van der Waals surface area (Å²) in [7, 11) is 0. The summed E-state index contributed by atoms with van der Waals surface area (Å²) in [5.74, 6) is 0.342. The maximum absolute atomic E-state index is 12.2. The van der Waals surface area contributed by atoms with Crippen LogP contribution in [-0.4, -0.2) is 20.8 Å². The number of nitrogens with one attached hydrogen (secondary N) is 2. The molecule has 0 saturated heterocycles. The van der Waals surface area contributed by atoms with Crippen LogP contribution in [0, 0.1) is 10.1 Å². The zero-order valence-electron chi connectivity index (χ0n) is 12.3. The van der Waals surface area contributed by atoms with Gasteiger partial charge in [-0.05, 0) is 31.2 Å². The Morgan fingerprint density at radius 1 is 1.22 bits per heavy atom. The number of amides is 1. The number of fused-ring (bicyclic) bond motifs is 1. The lowest BCUT2D eigenvalue weighted by Gasteiger charge is -2.11. The maximum atomic E-state index is 12.2. The molecule has 0 saturated carbocycles. The quantitative estimate of drug-likeness (QED) is 0.571. The molecular weight excluding hydrogens is 296 g/mol. The van der Waals surface area contributed by atoms with Crippen molar-refractivity contribution in [3.05, 3.63) is 70.0 Å². The fourth-order valence-electron chi connectivity index (χ4n) is 2.26. The Hall–Kier alpha value is -3.22. The minimum absolute atomic E-state index is 0.0492. The van der Waals surface area contributed by atoms with Crippen LogP contribution in [0.5, 0.6) is 0 Å². The van der Waals surface area contributed by atoms with Crippen molar-refractivity contribution in [2.45, 2.75) is 13.0 Å². The van der Waals surface area contributed by atoms with E-state index >= 15 is 0 Å². The van der Waals surface area contributed by atoms with Crippen molar-refractivity contribution in [2.75, 3.05) is 0 Å². The standard InChI is InChI=1S/C16H14N4O3/c1-10(15-18-13-4-2-3-5-14(13)19-15)17-16(21)11-6-8-12(9-7-11)20(22)23/h2-10H,1H3,(H,17,21)(H,18,19)/t10-/m0/s1. The van der Waals surface area contributed by atoms with Gasteiger partial charge in [0.2, 0.25) is 0 Å². The fourth-order valence-corrected chi connectivity index (χ4v) is 2.26. The fraction of sp³-hybridized carbons (Fsp3) is 0.125. The molecule has 1 heterocycles. The Bertz CT molecular complexity index is 837. The van der Waals surface area contributed by atoms with E-state index in [0.29, 0.717) is 11.4 Å². The zero-order chi connectivity index (χ0) is 16.4. The molecule has 0 fully saturated rings. The van der Waals surface area contributed by atoms with E-state index in [1.165, 1.54) is 24.3 Å².